The Morgan fingerprint density at radius 1 is 1.48 bits per heavy atom. The van der Waals surface area contributed by atoms with Gasteiger partial charge in [-0.15, -0.1) is 0 Å². The molecule has 1 atom stereocenters. The zero-order chi connectivity index (χ0) is 15.1. The van der Waals surface area contributed by atoms with Crippen LogP contribution in [0.2, 0.25) is 0 Å². The largest absolute Gasteiger partial charge is 0.493 e. The van der Waals surface area contributed by atoms with E-state index in [0.717, 1.165) is 37.7 Å². The van der Waals surface area contributed by atoms with Crippen LogP contribution in [0.4, 0.5) is 0 Å². The van der Waals surface area contributed by atoms with Gasteiger partial charge in [0.1, 0.15) is 5.75 Å². The molecule has 0 aliphatic carbocycles. The number of methoxy groups -OCH3 is 1. The fourth-order valence-electron chi connectivity index (χ4n) is 2.44. The van der Waals surface area contributed by atoms with Crippen molar-refractivity contribution < 1.29 is 9.47 Å². The van der Waals surface area contributed by atoms with Crippen LogP contribution in [0.25, 0.3) is 0 Å². The maximum atomic E-state index is 5.52. The number of fused-ring (bicyclic) bond motifs is 1. The van der Waals surface area contributed by atoms with E-state index >= 15 is 0 Å². The van der Waals surface area contributed by atoms with Crippen molar-refractivity contribution in [2.24, 2.45) is 4.99 Å². The second-order valence-corrected chi connectivity index (χ2v) is 5.29. The minimum absolute atomic E-state index is 0.235. The molecule has 5 heteroatoms. The average Bonchev–Trinajstić information content (AvgIpc) is 2.94. The van der Waals surface area contributed by atoms with Crippen molar-refractivity contribution in [2.45, 2.75) is 25.8 Å². The Hall–Kier alpha value is -1.75. The first-order chi connectivity index (χ1) is 10.2. The fourth-order valence-corrected chi connectivity index (χ4v) is 2.44. The molecule has 0 amide bonds. The molecule has 1 aromatic carbocycles. The summed E-state index contributed by atoms with van der Waals surface area (Å²) in [7, 11) is 3.48. The summed E-state index contributed by atoms with van der Waals surface area (Å²) in [5, 5.41) is 6.62. The second-order valence-electron chi connectivity index (χ2n) is 5.29. The monoisotopic (exact) mass is 291 g/mol. The molecular weight excluding hydrogens is 266 g/mol. The summed E-state index contributed by atoms with van der Waals surface area (Å²) in [5.41, 5.74) is 2.65. The van der Waals surface area contributed by atoms with Gasteiger partial charge in [-0.25, -0.2) is 0 Å². The third kappa shape index (κ3) is 4.63. The van der Waals surface area contributed by atoms with Crippen LogP contribution in [0.3, 0.4) is 0 Å². The number of nitrogens with one attached hydrogen (secondary N) is 2. The topological polar surface area (TPSA) is 54.9 Å². The molecule has 116 valence electrons. The predicted octanol–water partition coefficient (Wildman–Crippen LogP) is 1.36. The molecule has 0 fully saturated rings. The highest BCUT2D eigenvalue weighted by Crippen LogP contribution is 2.25. The molecule has 21 heavy (non-hydrogen) atoms. The summed E-state index contributed by atoms with van der Waals surface area (Å²) >= 11 is 0. The third-order valence-electron chi connectivity index (χ3n) is 3.48. The standard InChI is InChI=1S/C16H25N3O2/c1-12(11-20-3)19-16(17-2)18-8-6-13-4-5-15-14(10-13)7-9-21-15/h4-5,10,12H,6-9,11H2,1-3H3,(H2,17,18,19). The number of aliphatic imine (C=N–C) groups is 1. The number of nitrogens with zero attached hydrogens (tertiary/aromatic N) is 1. The van der Waals surface area contributed by atoms with Gasteiger partial charge in [0.25, 0.3) is 0 Å². The van der Waals surface area contributed by atoms with Crippen LogP contribution in [-0.2, 0) is 17.6 Å². The molecular formula is C16H25N3O2. The quantitative estimate of drug-likeness (QED) is 0.614. The molecule has 1 aromatic rings. The zero-order valence-electron chi connectivity index (χ0n) is 13.1. The van der Waals surface area contributed by atoms with Crippen molar-refractivity contribution in [2.75, 3.05) is 33.9 Å². The maximum Gasteiger partial charge on any atom is 0.191 e. The van der Waals surface area contributed by atoms with Gasteiger partial charge in [0.2, 0.25) is 0 Å². The molecule has 1 aliphatic rings. The van der Waals surface area contributed by atoms with E-state index in [0.29, 0.717) is 6.61 Å². The van der Waals surface area contributed by atoms with Crippen LogP contribution in [0.5, 0.6) is 5.75 Å². The van der Waals surface area contributed by atoms with Gasteiger partial charge in [-0.2, -0.15) is 0 Å². The Morgan fingerprint density at radius 2 is 2.33 bits per heavy atom. The first-order valence-electron chi connectivity index (χ1n) is 7.43. The third-order valence-corrected chi connectivity index (χ3v) is 3.48. The van der Waals surface area contributed by atoms with Gasteiger partial charge < -0.3 is 20.1 Å². The average molecular weight is 291 g/mol. The summed E-state index contributed by atoms with van der Waals surface area (Å²) in [6.45, 7) is 4.38. The number of guanidine groups is 1. The molecule has 0 saturated carbocycles. The summed E-state index contributed by atoms with van der Waals surface area (Å²) in [4.78, 5) is 4.22. The minimum Gasteiger partial charge on any atom is -0.493 e. The van der Waals surface area contributed by atoms with Gasteiger partial charge in [-0.1, -0.05) is 12.1 Å². The molecule has 0 aromatic heterocycles. The summed E-state index contributed by atoms with van der Waals surface area (Å²) in [6, 6.07) is 6.69. The van der Waals surface area contributed by atoms with Gasteiger partial charge in [-0.3, -0.25) is 4.99 Å². The lowest BCUT2D eigenvalue weighted by atomic mass is 10.1. The summed E-state index contributed by atoms with van der Waals surface area (Å²) in [6.07, 6.45) is 1.99. The van der Waals surface area contributed by atoms with Crippen molar-refractivity contribution in [3.63, 3.8) is 0 Å². The SMILES string of the molecule is CN=C(NCCc1ccc2c(c1)CCO2)NC(C)COC. The molecule has 0 spiro atoms. The normalized spacial score (nSPS) is 15.3. The lowest BCUT2D eigenvalue weighted by molar-refractivity contribution is 0.179. The molecule has 1 aliphatic heterocycles. The Kier molecular flexibility index (Phi) is 5.87. The van der Waals surface area contributed by atoms with Gasteiger partial charge >= 0.3 is 0 Å². The smallest absolute Gasteiger partial charge is 0.191 e. The van der Waals surface area contributed by atoms with Gasteiger partial charge in [0, 0.05) is 33.2 Å². The first kappa shape index (κ1) is 15.6. The Labute approximate surface area is 126 Å². The van der Waals surface area contributed by atoms with Crippen molar-refractivity contribution in [3.8, 4) is 5.75 Å². The van der Waals surface area contributed by atoms with Crippen LogP contribution in [0.15, 0.2) is 23.2 Å². The molecule has 1 heterocycles. The molecule has 0 radical (unpaired) electrons. The van der Waals surface area contributed by atoms with Gasteiger partial charge in [-0.05, 0) is 30.5 Å². The molecule has 1 unspecified atom stereocenters. The van der Waals surface area contributed by atoms with Crippen molar-refractivity contribution in [1.82, 2.24) is 10.6 Å². The molecule has 5 nitrogen and oxygen atoms in total. The van der Waals surface area contributed by atoms with Crippen molar-refractivity contribution >= 4 is 5.96 Å². The lowest BCUT2D eigenvalue weighted by Crippen LogP contribution is -2.44. The first-order valence-corrected chi connectivity index (χ1v) is 7.43. The summed E-state index contributed by atoms with van der Waals surface area (Å²) in [5.74, 6) is 1.85. The number of rotatable bonds is 6. The number of benzene rings is 1. The number of ether oxygens (including phenoxy) is 2. The number of hydrogen-bond donors (Lipinski definition) is 2. The number of hydrogen-bond acceptors (Lipinski definition) is 3. The Balaban J connectivity index is 1.77. The minimum atomic E-state index is 0.235. The van der Waals surface area contributed by atoms with E-state index in [1.807, 2.05) is 0 Å². The van der Waals surface area contributed by atoms with Crippen molar-refractivity contribution in [1.29, 1.82) is 0 Å². The van der Waals surface area contributed by atoms with Crippen molar-refractivity contribution in [3.05, 3.63) is 29.3 Å². The van der Waals surface area contributed by atoms with Gasteiger partial charge in [0.05, 0.1) is 13.2 Å². The second kappa shape index (κ2) is 7.88. The zero-order valence-corrected chi connectivity index (χ0v) is 13.1. The van der Waals surface area contributed by atoms with Gasteiger partial charge in [0.15, 0.2) is 5.96 Å². The highest BCUT2D eigenvalue weighted by Gasteiger charge is 2.11. The van der Waals surface area contributed by atoms with E-state index in [2.05, 4.69) is 40.7 Å². The molecule has 2 rings (SSSR count). The molecule has 0 saturated heterocycles. The van der Waals surface area contributed by atoms with Crippen LogP contribution in [0, 0.1) is 0 Å². The predicted molar refractivity (Wildman–Crippen MR) is 85.2 cm³/mol. The Bertz CT molecular complexity index is 488. The van der Waals surface area contributed by atoms with Crippen LogP contribution in [0.1, 0.15) is 18.1 Å². The molecule has 0 bridgehead atoms. The fraction of sp³-hybridized carbons (Fsp3) is 0.562. The van der Waals surface area contributed by atoms with E-state index in [9.17, 15) is 0 Å². The Morgan fingerprint density at radius 3 is 3.10 bits per heavy atom. The lowest BCUT2D eigenvalue weighted by Gasteiger charge is -2.17. The highest BCUT2D eigenvalue weighted by molar-refractivity contribution is 5.79. The van der Waals surface area contributed by atoms with Crippen LogP contribution < -0.4 is 15.4 Å². The van der Waals surface area contributed by atoms with E-state index in [4.69, 9.17) is 9.47 Å². The van der Waals surface area contributed by atoms with E-state index in [1.165, 1.54) is 11.1 Å². The van der Waals surface area contributed by atoms with Crippen LogP contribution >= 0.6 is 0 Å². The van der Waals surface area contributed by atoms with E-state index in [-0.39, 0.29) is 6.04 Å². The van der Waals surface area contributed by atoms with E-state index in [1.54, 1.807) is 14.2 Å². The molecule has 2 N–H and O–H groups in total. The highest BCUT2D eigenvalue weighted by atomic mass is 16.5. The van der Waals surface area contributed by atoms with E-state index < -0.39 is 0 Å². The summed E-state index contributed by atoms with van der Waals surface area (Å²) < 4.78 is 10.6. The van der Waals surface area contributed by atoms with Crippen LogP contribution in [-0.4, -0.2) is 45.9 Å². The maximum absolute atomic E-state index is 5.52.